The molecule has 143 heavy (non-hydrogen) atoms. The number of ether oxygens (including phenoxy) is 7. The number of amides is 1. The summed E-state index contributed by atoms with van der Waals surface area (Å²) in [5.74, 6) is -0.0328. The van der Waals surface area contributed by atoms with E-state index in [0.717, 1.165) is 79.4 Å². The van der Waals surface area contributed by atoms with Crippen LogP contribution in [0.15, 0.2) is 215 Å². The van der Waals surface area contributed by atoms with Crippen LogP contribution in [-0.2, 0) is 66.3 Å². The molecule has 33 heteroatoms. The number of fused-ring (bicyclic) bond motifs is 5. The third kappa shape index (κ3) is 30.8. The topological polar surface area (TPSA) is 355 Å². The molecule has 8 heterocycles. The molecule has 758 valence electrons. The maximum Gasteiger partial charge on any atom is 0.419 e. The van der Waals surface area contributed by atoms with Crippen molar-refractivity contribution >= 4 is 121 Å². The highest BCUT2D eigenvalue weighted by Crippen LogP contribution is 2.36. The number of nitro groups is 1. The molecule has 1 aliphatic carbocycles. The third-order valence-electron chi connectivity index (χ3n) is 22.4. The van der Waals surface area contributed by atoms with Gasteiger partial charge in [0.15, 0.2) is 0 Å². The molecule has 1 amide bonds. The van der Waals surface area contributed by atoms with Gasteiger partial charge < -0.3 is 49.3 Å². The maximum absolute atomic E-state index is 14.1. The van der Waals surface area contributed by atoms with Crippen molar-refractivity contribution in [1.29, 1.82) is 0 Å². The van der Waals surface area contributed by atoms with Crippen molar-refractivity contribution in [1.82, 2.24) is 41.8 Å². The molecule has 0 aliphatic heterocycles. The van der Waals surface area contributed by atoms with Crippen LogP contribution in [0.25, 0.3) is 83.5 Å². The number of hydrogen-bond donors (Lipinski definition) is 3. The number of aromatic hydroxyl groups is 1. The lowest BCUT2D eigenvalue weighted by Crippen LogP contribution is -2.29. The molecule has 6 aromatic carbocycles. The number of nitrogens with zero attached hydrogens (tertiary/aromatic N) is 10. The number of nitrogen functional groups attached to an aromatic ring is 1. The van der Waals surface area contributed by atoms with Gasteiger partial charge in [0, 0.05) is 102 Å². The SMILES string of the molecule is Cc1ccc(Cn2cc(C(=O)Nc3cc(-c4cc5cc(C)ccc5n4C(=O)OC(C)(C)C)c(=O)n(COCC[Si](C)(C)C)c3)cn2)cc1.Cc1ccc2c(c1)cc(-c1cc(N)cn(COCC[Si](C)(C)C)c1=O)n2C(=O)OC(C)(C)C.Cc1ccc2c(c1)cc(-c1cc([N+](=O)[O-])cn(COCC[Si](C)(C)C)c1=O)n2C(=O)OC(C)(C)C.Cc1ccc2c(ccn2C(=O)OC(C)(C)C)c1.Oc1ccc2c(c1)C=CC2. The van der Waals surface area contributed by atoms with Crippen molar-refractivity contribution in [3.05, 3.63) is 292 Å². The highest BCUT2D eigenvalue weighted by Gasteiger charge is 2.32. The Kier molecular flexibility index (Phi) is 34.6. The summed E-state index contributed by atoms with van der Waals surface area (Å²) < 4.78 is 51.3. The monoisotopic (exact) mass is 2000 g/mol. The molecule has 15 rings (SSSR count). The molecule has 0 saturated carbocycles. The number of carbonyl (C=O) groups excluding carboxylic acids is 5. The average Bonchev–Trinajstić information content (AvgIpc) is 1.61. The van der Waals surface area contributed by atoms with Gasteiger partial charge in [0.25, 0.3) is 28.3 Å². The summed E-state index contributed by atoms with van der Waals surface area (Å²) in [4.78, 5) is 118. The highest BCUT2D eigenvalue weighted by atomic mass is 28.3. The minimum atomic E-state index is -1.36. The second-order valence-corrected chi connectivity index (χ2v) is 60.7. The number of pyridine rings is 3. The van der Waals surface area contributed by atoms with Crippen LogP contribution in [0.3, 0.4) is 0 Å². The zero-order valence-corrected chi connectivity index (χ0v) is 90.3. The largest absolute Gasteiger partial charge is 0.508 e. The standard InChI is InChI=1S/C37H45N5O5Si.C25H33N3O6Si.C25H35N3O4Si.C14H17NO2.C9H8O/c1-25-9-12-27(13-10-25)21-41-22-29(20-38-41)34(43)39-30-19-31(35(44)40(23-30)24-46-15-16-48(6,7)8)33-18-28-17-26(2)11-14-32(28)42(33)36(45)47-37(3,4)5;1-17-8-9-21-18(12-17)13-22(27(21)24(30)34-25(2,3)4)20-14-19(28(31)32)15-26(23(20)29)16-33-10-11-35(5,6)7;1-17-8-9-21-18(12-17)13-22(28(21)24(30)32-25(2,3)4)20-14-19(26)15-27(23(20)29)16-31-10-11-33(5,6)7;1-10-5-6-12-11(9-10)7-8-15(12)13(16)17-14(2,3)4;10-9-5-4-7-2-1-3-8(7)6-9/h9-14,17-20,22-23H,15-16,21,24H2,1-8H3,(H,39,43);8-9,12-15H,10-11,16H2,1-7H3;8-9,12-15H,10-11,16,26H2,1-7H3;5-9H,1-4H3;1,3-6,10H,2H2. The summed E-state index contributed by atoms with van der Waals surface area (Å²) in [5, 5.41) is 31.5. The minimum Gasteiger partial charge on any atom is -0.508 e. The predicted octanol–water partition coefficient (Wildman–Crippen LogP) is 24.6. The number of nitrogens with two attached hydrogens (primary N) is 1. The van der Waals surface area contributed by atoms with E-state index in [4.69, 9.17) is 44.0 Å². The quantitative estimate of drug-likeness (QED) is 0.0176. The Bertz CT molecular complexity index is 7260. The summed E-state index contributed by atoms with van der Waals surface area (Å²) in [7, 11) is -3.94. The van der Waals surface area contributed by atoms with E-state index in [2.05, 4.69) is 81.5 Å². The molecule has 30 nitrogen and oxygen atoms in total. The summed E-state index contributed by atoms with van der Waals surface area (Å²) in [5.41, 5.74) is 16.4. The number of aromatic nitrogens is 9. The molecule has 0 fully saturated rings. The number of allylic oxidation sites excluding steroid dienone is 1. The Morgan fingerprint density at radius 3 is 1.27 bits per heavy atom. The van der Waals surface area contributed by atoms with Gasteiger partial charge >= 0.3 is 24.4 Å². The molecule has 0 spiro atoms. The molecular weight excluding hydrogens is 1860 g/mol. The van der Waals surface area contributed by atoms with Crippen LogP contribution in [0.2, 0.25) is 77.1 Å². The summed E-state index contributed by atoms with van der Waals surface area (Å²) >= 11 is 0. The lowest BCUT2D eigenvalue weighted by Gasteiger charge is -2.21. The highest BCUT2D eigenvalue weighted by molar-refractivity contribution is 6.76. The van der Waals surface area contributed by atoms with Crippen molar-refractivity contribution in [2.45, 2.75) is 250 Å². The second-order valence-electron chi connectivity index (χ2n) is 43.9. The summed E-state index contributed by atoms with van der Waals surface area (Å²) in [6.07, 6.45) is 12.3. The predicted molar refractivity (Wildman–Crippen MR) is 577 cm³/mol. The van der Waals surface area contributed by atoms with Crippen molar-refractivity contribution in [2.24, 2.45) is 0 Å². The Morgan fingerprint density at radius 1 is 0.455 bits per heavy atom. The van der Waals surface area contributed by atoms with Gasteiger partial charge in [-0.05, 0) is 256 Å². The van der Waals surface area contributed by atoms with Crippen molar-refractivity contribution in [3.63, 3.8) is 0 Å². The van der Waals surface area contributed by atoms with E-state index in [1.807, 2.05) is 185 Å². The van der Waals surface area contributed by atoms with Crippen molar-refractivity contribution < 1.29 is 67.2 Å². The number of carbonyl (C=O) groups is 5. The first-order valence-electron chi connectivity index (χ1n) is 47.8. The Balaban J connectivity index is 0.000000183. The first-order chi connectivity index (χ1) is 66.7. The Labute approximate surface area is 838 Å². The van der Waals surface area contributed by atoms with E-state index in [0.29, 0.717) is 82.6 Å². The molecule has 14 aromatic rings. The van der Waals surface area contributed by atoms with E-state index in [-0.39, 0.29) is 65.8 Å². The second kappa shape index (κ2) is 45.2. The van der Waals surface area contributed by atoms with E-state index < -0.39 is 75.4 Å². The van der Waals surface area contributed by atoms with Crippen LogP contribution in [-0.4, -0.2) is 149 Å². The van der Waals surface area contributed by atoms with Crippen LogP contribution >= 0.6 is 0 Å². The fourth-order valence-electron chi connectivity index (χ4n) is 15.3. The number of anilines is 2. The van der Waals surface area contributed by atoms with Crippen molar-refractivity contribution in [2.75, 3.05) is 30.9 Å². The number of phenols is 1. The number of benzene rings is 6. The van der Waals surface area contributed by atoms with Crippen LogP contribution in [0.5, 0.6) is 5.75 Å². The average molecular weight is 2000 g/mol. The first kappa shape index (κ1) is 110. The number of hydrogen-bond acceptors (Lipinski definition) is 20. The molecule has 0 atom stereocenters. The number of rotatable bonds is 23. The van der Waals surface area contributed by atoms with Gasteiger partial charge in [-0.2, -0.15) is 5.10 Å². The van der Waals surface area contributed by atoms with Gasteiger partial charge in [-0.1, -0.05) is 153 Å². The van der Waals surface area contributed by atoms with E-state index in [1.165, 1.54) is 62.6 Å². The van der Waals surface area contributed by atoms with Gasteiger partial charge in [-0.3, -0.25) is 52.2 Å². The number of phenolic OH excluding ortho intramolecular Hbond substituents is 1. The Morgan fingerprint density at radius 2 is 0.846 bits per heavy atom. The lowest BCUT2D eigenvalue weighted by molar-refractivity contribution is -0.385. The number of nitrogens with one attached hydrogen (secondary N) is 1. The van der Waals surface area contributed by atoms with Crippen molar-refractivity contribution in [3.8, 4) is 39.5 Å². The summed E-state index contributed by atoms with van der Waals surface area (Å²) in [6.45, 7) is 53.9. The van der Waals surface area contributed by atoms with Crippen LogP contribution in [0.4, 0.5) is 36.2 Å². The Hall–Kier alpha value is -13.8. The normalized spacial score (nSPS) is 12.2. The lowest BCUT2D eigenvalue weighted by atomic mass is 10.1. The fraction of sp³-hybridized carbons (Fsp3) is 0.373. The van der Waals surface area contributed by atoms with Crippen LogP contribution in [0, 0.1) is 44.7 Å². The zero-order valence-electron chi connectivity index (χ0n) is 87.3. The van der Waals surface area contributed by atoms with Gasteiger partial charge in [-0.25, -0.2) is 32.9 Å². The molecule has 0 radical (unpaired) electrons. The molecular formula is C110H138N12O18Si3. The molecule has 8 aromatic heterocycles. The maximum atomic E-state index is 14.1. The van der Waals surface area contributed by atoms with Crippen LogP contribution < -0.4 is 27.7 Å². The van der Waals surface area contributed by atoms with E-state index in [1.54, 1.807) is 118 Å². The molecule has 0 bridgehead atoms. The third-order valence-corrected chi connectivity index (χ3v) is 27.5. The van der Waals surface area contributed by atoms with Gasteiger partial charge in [0.1, 0.15) is 48.3 Å². The molecule has 0 saturated heterocycles. The van der Waals surface area contributed by atoms with E-state index >= 15 is 0 Å². The first-order valence-corrected chi connectivity index (χ1v) is 59.0. The van der Waals surface area contributed by atoms with Gasteiger partial charge in [0.2, 0.25) is 0 Å². The zero-order chi connectivity index (χ0) is 105. The molecule has 1 aliphatic rings. The smallest absolute Gasteiger partial charge is 0.419 e. The fourth-order valence-corrected chi connectivity index (χ4v) is 17.5. The van der Waals surface area contributed by atoms with Gasteiger partial charge in [-0.15, -0.1) is 0 Å². The molecule has 4 N–H and O–H groups in total. The van der Waals surface area contributed by atoms with Gasteiger partial charge in [0.05, 0.1) is 91.0 Å². The number of aryl methyl sites for hydroxylation is 5. The molecule has 0 unspecified atom stereocenters. The summed E-state index contributed by atoms with van der Waals surface area (Å²) in [6, 6.07) is 51.1. The van der Waals surface area contributed by atoms with Crippen LogP contribution in [0.1, 0.15) is 138 Å². The minimum absolute atomic E-state index is 0.0136. The van der Waals surface area contributed by atoms with E-state index in [9.17, 15) is 48.5 Å².